The summed E-state index contributed by atoms with van der Waals surface area (Å²) in [6.45, 7) is 16.7. The molecule has 0 unspecified atom stereocenters. The summed E-state index contributed by atoms with van der Waals surface area (Å²) in [5.41, 5.74) is 3.03. The van der Waals surface area contributed by atoms with Gasteiger partial charge in [-0.3, -0.25) is 4.90 Å². The number of carbonyl (C=O) groups excluding carboxylic acids is 4. The lowest BCUT2D eigenvalue weighted by Crippen LogP contribution is -2.35. The monoisotopic (exact) mass is 549 g/mol. The van der Waals surface area contributed by atoms with Gasteiger partial charge in [-0.05, 0) is 56.2 Å². The summed E-state index contributed by atoms with van der Waals surface area (Å²) in [6, 6.07) is 13.9. The van der Waals surface area contributed by atoms with E-state index in [4.69, 9.17) is 18.9 Å². The second-order valence-electron chi connectivity index (χ2n) is 9.08. The molecule has 2 aromatic rings. The Balaban J connectivity index is 1.90. The Morgan fingerprint density at radius 1 is 0.600 bits per heavy atom. The van der Waals surface area contributed by atoms with E-state index in [1.54, 1.807) is 57.2 Å². The van der Waals surface area contributed by atoms with Crippen molar-refractivity contribution in [3.8, 4) is 16.9 Å². The smallest absolute Gasteiger partial charge is 0.338 e. The average molecular weight is 550 g/mol. The first-order valence-electron chi connectivity index (χ1n) is 12.6. The predicted molar refractivity (Wildman–Crippen MR) is 151 cm³/mol. The number of hydrogen-bond donors (Lipinski definition) is 0. The highest BCUT2D eigenvalue weighted by Gasteiger charge is 2.13. The lowest BCUT2D eigenvalue weighted by Gasteiger charge is -2.22. The van der Waals surface area contributed by atoms with Gasteiger partial charge in [0.1, 0.15) is 25.6 Å². The minimum atomic E-state index is -0.495. The Labute approximate surface area is 234 Å². The molecular weight excluding hydrogens is 514 g/mol. The summed E-state index contributed by atoms with van der Waals surface area (Å²) >= 11 is 0. The molecule has 0 amide bonds. The summed E-state index contributed by atoms with van der Waals surface area (Å²) in [6.07, 6.45) is 0. The first kappa shape index (κ1) is 31.7. The number of esters is 4. The van der Waals surface area contributed by atoms with Crippen molar-refractivity contribution in [2.75, 3.05) is 39.5 Å². The van der Waals surface area contributed by atoms with Crippen LogP contribution >= 0.6 is 0 Å². The molecule has 0 aliphatic heterocycles. The molecule has 2 rings (SSSR count). The Morgan fingerprint density at radius 3 is 1.43 bits per heavy atom. The molecule has 0 saturated heterocycles. The van der Waals surface area contributed by atoms with Crippen LogP contribution in [0, 0.1) is 0 Å². The van der Waals surface area contributed by atoms with Gasteiger partial charge < -0.3 is 18.9 Å². The van der Waals surface area contributed by atoms with Crippen LogP contribution in [-0.4, -0.2) is 68.2 Å². The largest absolute Gasteiger partial charge is 0.461 e. The molecule has 0 saturated carbocycles. The van der Waals surface area contributed by atoms with E-state index in [0.717, 1.165) is 11.1 Å². The van der Waals surface area contributed by atoms with E-state index in [0.29, 0.717) is 47.7 Å². The third-order valence-electron chi connectivity index (χ3n) is 5.49. The van der Waals surface area contributed by atoms with Crippen LogP contribution in [0.15, 0.2) is 85.0 Å². The highest BCUT2D eigenvalue weighted by atomic mass is 16.5. The van der Waals surface area contributed by atoms with Crippen molar-refractivity contribution in [1.29, 1.82) is 0 Å². The van der Waals surface area contributed by atoms with E-state index in [-0.39, 0.29) is 19.8 Å². The van der Waals surface area contributed by atoms with Crippen molar-refractivity contribution < 1.29 is 38.1 Å². The quantitative estimate of drug-likeness (QED) is 0.137. The van der Waals surface area contributed by atoms with E-state index < -0.39 is 23.9 Å². The number of benzene rings is 2. The lowest BCUT2D eigenvalue weighted by molar-refractivity contribution is -0.139. The maximum atomic E-state index is 12.6. The molecule has 212 valence electrons. The van der Waals surface area contributed by atoms with Crippen LogP contribution in [0.3, 0.4) is 0 Å². The van der Waals surface area contributed by atoms with E-state index in [9.17, 15) is 19.2 Å². The first-order chi connectivity index (χ1) is 19.0. The number of carbonyl (C=O) groups is 4. The number of rotatable bonds is 15. The average Bonchev–Trinajstić information content (AvgIpc) is 2.92. The van der Waals surface area contributed by atoms with Gasteiger partial charge in [-0.2, -0.15) is 0 Å². The zero-order chi connectivity index (χ0) is 29.7. The Morgan fingerprint density at radius 2 is 1.00 bits per heavy atom. The van der Waals surface area contributed by atoms with Crippen LogP contribution in [0.5, 0.6) is 5.75 Å². The van der Waals surface area contributed by atoms with Crippen molar-refractivity contribution in [3.05, 3.63) is 90.6 Å². The van der Waals surface area contributed by atoms with Crippen LogP contribution in [0.2, 0.25) is 0 Å². The maximum Gasteiger partial charge on any atom is 0.338 e. The second kappa shape index (κ2) is 15.8. The zero-order valence-corrected chi connectivity index (χ0v) is 23.2. The molecule has 2 aromatic carbocycles. The van der Waals surface area contributed by atoms with Gasteiger partial charge in [0, 0.05) is 36.4 Å². The van der Waals surface area contributed by atoms with Gasteiger partial charge in [0.15, 0.2) is 0 Å². The fourth-order valence-corrected chi connectivity index (χ4v) is 3.18. The Hall–Kier alpha value is -4.50. The molecule has 0 radical (unpaired) electrons. The van der Waals surface area contributed by atoms with Gasteiger partial charge in [-0.25, -0.2) is 19.2 Å². The van der Waals surface area contributed by atoms with Crippen molar-refractivity contribution in [2.45, 2.75) is 20.8 Å². The van der Waals surface area contributed by atoms with Crippen LogP contribution in [0.1, 0.15) is 31.1 Å². The minimum Gasteiger partial charge on any atom is -0.461 e. The fraction of sp³-hybridized carbons (Fsp3) is 0.290. The third-order valence-corrected chi connectivity index (χ3v) is 5.49. The van der Waals surface area contributed by atoms with Gasteiger partial charge in [0.2, 0.25) is 0 Å². The van der Waals surface area contributed by atoms with Gasteiger partial charge in [0.05, 0.1) is 5.56 Å². The fourth-order valence-electron chi connectivity index (χ4n) is 3.18. The van der Waals surface area contributed by atoms with Crippen molar-refractivity contribution in [3.63, 3.8) is 0 Å². The molecule has 0 spiro atoms. The lowest BCUT2D eigenvalue weighted by atomic mass is 10.0. The zero-order valence-electron chi connectivity index (χ0n) is 23.2. The highest BCUT2D eigenvalue weighted by molar-refractivity contribution is 5.90. The van der Waals surface area contributed by atoms with E-state index >= 15 is 0 Å². The molecular formula is C31H35NO8. The summed E-state index contributed by atoms with van der Waals surface area (Å²) < 4.78 is 20.9. The minimum absolute atomic E-state index is 0.0772. The molecule has 0 aliphatic rings. The summed E-state index contributed by atoms with van der Waals surface area (Å²) in [5, 5.41) is 0. The molecule has 40 heavy (non-hydrogen) atoms. The van der Waals surface area contributed by atoms with E-state index in [1.807, 2.05) is 17.0 Å². The van der Waals surface area contributed by atoms with Crippen LogP contribution in [0.4, 0.5) is 0 Å². The first-order valence-corrected chi connectivity index (χ1v) is 12.6. The molecule has 9 heteroatoms. The number of hydrogen-bond acceptors (Lipinski definition) is 9. The number of ether oxygens (including phenoxy) is 4. The van der Waals surface area contributed by atoms with E-state index in [1.165, 1.54) is 0 Å². The molecule has 9 nitrogen and oxygen atoms in total. The standard InChI is InChI=1S/C31H35NO8/c1-21(2)28(33)37-18-15-32(16-19-38-29(34)22(3)4)17-20-39-31(36)26-9-7-24(8-10-26)25-11-13-27(14-12-25)40-30(35)23(5)6/h7-14H,1,3,5,15-20H2,2,4,6H3. The topological polar surface area (TPSA) is 108 Å². The van der Waals surface area contributed by atoms with E-state index in [2.05, 4.69) is 19.7 Å². The second-order valence-corrected chi connectivity index (χ2v) is 9.08. The van der Waals surface area contributed by atoms with Gasteiger partial charge in [-0.15, -0.1) is 0 Å². The molecule has 0 bridgehead atoms. The van der Waals surface area contributed by atoms with Crippen LogP contribution < -0.4 is 4.74 Å². The third kappa shape index (κ3) is 10.7. The summed E-state index contributed by atoms with van der Waals surface area (Å²) in [5.74, 6) is -1.56. The molecule has 0 atom stereocenters. The summed E-state index contributed by atoms with van der Waals surface area (Å²) in [4.78, 5) is 49.4. The number of nitrogens with zero attached hydrogens (tertiary/aromatic N) is 1. The Kier molecular flexibility index (Phi) is 12.5. The van der Waals surface area contributed by atoms with Crippen LogP contribution in [-0.2, 0) is 28.6 Å². The maximum absolute atomic E-state index is 12.6. The SMILES string of the molecule is C=C(C)C(=O)OCCN(CCOC(=O)C(=C)C)CCOC(=O)c1ccc(-c2ccc(OC(=O)C(=C)C)cc2)cc1. The van der Waals surface area contributed by atoms with Crippen molar-refractivity contribution >= 4 is 23.9 Å². The normalized spacial score (nSPS) is 10.4. The van der Waals surface area contributed by atoms with Gasteiger partial charge in [0.25, 0.3) is 0 Å². The highest BCUT2D eigenvalue weighted by Crippen LogP contribution is 2.23. The molecule has 0 fully saturated rings. The van der Waals surface area contributed by atoms with Crippen LogP contribution in [0.25, 0.3) is 11.1 Å². The molecule has 0 aliphatic carbocycles. The summed E-state index contributed by atoms with van der Waals surface area (Å²) in [7, 11) is 0. The Bertz CT molecular complexity index is 1210. The van der Waals surface area contributed by atoms with Gasteiger partial charge in [-0.1, -0.05) is 44.0 Å². The molecule has 0 heterocycles. The predicted octanol–water partition coefficient (Wildman–Crippen LogP) is 4.53. The van der Waals surface area contributed by atoms with Gasteiger partial charge >= 0.3 is 23.9 Å². The molecule has 0 N–H and O–H groups in total. The molecule has 0 aromatic heterocycles. The van der Waals surface area contributed by atoms with Crippen molar-refractivity contribution in [1.82, 2.24) is 4.90 Å². The van der Waals surface area contributed by atoms with Crippen molar-refractivity contribution in [2.24, 2.45) is 0 Å².